The van der Waals surface area contributed by atoms with Crippen molar-refractivity contribution in [2.24, 2.45) is 0 Å². The van der Waals surface area contributed by atoms with Crippen LogP contribution in [0.1, 0.15) is 19.0 Å². The van der Waals surface area contributed by atoms with E-state index in [0.29, 0.717) is 6.10 Å². The second kappa shape index (κ2) is 5.93. The number of ether oxygens (including phenoxy) is 1. The van der Waals surface area contributed by atoms with Crippen LogP contribution in [-0.2, 0) is 11.3 Å². The Morgan fingerprint density at radius 1 is 1.47 bits per heavy atom. The third-order valence-electron chi connectivity index (χ3n) is 3.01. The Morgan fingerprint density at radius 3 is 2.94 bits per heavy atom. The van der Waals surface area contributed by atoms with Gasteiger partial charge in [-0.15, -0.1) is 0 Å². The lowest BCUT2D eigenvalue weighted by atomic mass is 10.3. The molecule has 2 heterocycles. The standard InChI is InChI=1S/C12H20N4O/c1-3-13-12-7-14-10(6-15-12)8-16-5-4-11(9-16)17-2/h6-7,11H,3-5,8-9H2,1-2H3,(H,13,15). The van der Waals surface area contributed by atoms with Crippen LogP contribution in [0.4, 0.5) is 5.82 Å². The maximum atomic E-state index is 5.34. The van der Waals surface area contributed by atoms with E-state index in [1.165, 1.54) is 0 Å². The average molecular weight is 236 g/mol. The predicted molar refractivity (Wildman–Crippen MR) is 66.9 cm³/mol. The van der Waals surface area contributed by atoms with Gasteiger partial charge < -0.3 is 10.1 Å². The fourth-order valence-electron chi connectivity index (χ4n) is 2.07. The molecule has 0 radical (unpaired) electrons. The zero-order valence-corrected chi connectivity index (χ0v) is 10.5. The van der Waals surface area contributed by atoms with E-state index in [4.69, 9.17) is 4.74 Å². The van der Waals surface area contributed by atoms with Crippen LogP contribution < -0.4 is 5.32 Å². The van der Waals surface area contributed by atoms with Gasteiger partial charge in [0.1, 0.15) is 5.82 Å². The molecule has 1 N–H and O–H groups in total. The first-order valence-electron chi connectivity index (χ1n) is 6.11. The highest BCUT2D eigenvalue weighted by Crippen LogP contribution is 2.14. The summed E-state index contributed by atoms with van der Waals surface area (Å²) in [5, 5.41) is 3.14. The zero-order chi connectivity index (χ0) is 12.1. The van der Waals surface area contributed by atoms with Crippen LogP contribution in [0.2, 0.25) is 0 Å². The average Bonchev–Trinajstić information content (AvgIpc) is 2.80. The van der Waals surface area contributed by atoms with Crippen LogP contribution in [0.5, 0.6) is 0 Å². The molecule has 1 aromatic rings. The van der Waals surface area contributed by atoms with E-state index in [1.807, 2.05) is 13.1 Å². The number of rotatable bonds is 5. The van der Waals surface area contributed by atoms with Crippen molar-refractivity contribution in [3.63, 3.8) is 0 Å². The van der Waals surface area contributed by atoms with E-state index in [0.717, 1.165) is 44.1 Å². The van der Waals surface area contributed by atoms with Crippen LogP contribution >= 0.6 is 0 Å². The van der Waals surface area contributed by atoms with Crippen LogP contribution in [0, 0.1) is 0 Å². The van der Waals surface area contributed by atoms with E-state index in [9.17, 15) is 0 Å². The predicted octanol–water partition coefficient (Wildman–Crippen LogP) is 1.13. The van der Waals surface area contributed by atoms with E-state index in [1.54, 1.807) is 13.3 Å². The Labute approximate surface area is 102 Å². The molecule has 0 spiro atoms. The number of hydrogen-bond donors (Lipinski definition) is 1. The minimum absolute atomic E-state index is 0.379. The fraction of sp³-hybridized carbons (Fsp3) is 0.667. The van der Waals surface area contributed by atoms with Crippen molar-refractivity contribution in [2.75, 3.05) is 32.1 Å². The summed E-state index contributed by atoms with van der Waals surface area (Å²) in [5.74, 6) is 0.840. The summed E-state index contributed by atoms with van der Waals surface area (Å²) in [6.45, 7) is 5.85. The lowest BCUT2D eigenvalue weighted by Crippen LogP contribution is -2.23. The number of anilines is 1. The van der Waals surface area contributed by atoms with Gasteiger partial charge in [0.25, 0.3) is 0 Å². The van der Waals surface area contributed by atoms with Gasteiger partial charge in [0, 0.05) is 33.3 Å². The lowest BCUT2D eigenvalue weighted by Gasteiger charge is -2.14. The lowest BCUT2D eigenvalue weighted by molar-refractivity contribution is 0.107. The van der Waals surface area contributed by atoms with Crippen LogP contribution in [-0.4, -0.2) is 47.7 Å². The molecule has 0 amide bonds. The van der Waals surface area contributed by atoms with E-state index >= 15 is 0 Å². The SMILES string of the molecule is CCNc1cnc(CN2CCC(OC)C2)cn1. The molecule has 2 rings (SSSR count). The van der Waals surface area contributed by atoms with Gasteiger partial charge in [0.2, 0.25) is 0 Å². The first-order chi connectivity index (χ1) is 8.31. The molecule has 94 valence electrons. The normalized spacial score (nSPS) is 20.7. The van der Waals surface area contributed by atoms with Crippen molar-refractivity contribution in [3.05, 3.63) is 18.1 Å². The van der Waals surface area contributed by atoms with Crippen molar-refractivity contribution >= 4 is 5.82 Å². The second-order valence-corrected chi connectivity index (χ2v) is 4.30. The third-order valence-corrected chi connectivity index (χ3v) is 3.01. The highest BCUT2D eigenvalue weighted by molar-refractivity contribution is 5.30. The maximum Gasteiger partial charge on any atom is 0.144 e. The van der Waals surface area contributed by atoms with E-state index in [-0.39, 0.29) is 0 Å². The first-order valence-corrected chi connectivity index (χ1v) is 6.11. The highest BCUT2D eigenvalue weighted by Gasteiger charge is 2.22. The van der Waals surface area contributed by atoms with Gasteiger partial charge in [-0.25, -0.2) is 4.98 Å². The summed E-state index contributed by atoms with van der Waals surface area (Å²) in [7, 11) is 1.78. The smallest absolute Gasteiger partial charge is 0.144 e. The summed E-state index contributed by atoms with van der Waals surface area (Å²) in [6.07, 6.45) is 5.13. The molecule has 0 bridgehead atoms. The van der Waals surface area contributed by atoms with Crippen LogP contribution in [0.15, 0.2) is 12.4 Å². The van der Waals surface area contributed by atoms with Crippen molar-refractivity contribution in [3.8, 4) is 0 Å². The molecule has 1 aromatic heterocycles. The van der Waals surface area contributed by atoms with E-state index in [2.05, 4.69) is 20.2 Å². The third kappa shape index (κ3) is 3.38. The largest absolute Gasteiger partial charge is 0.380 e. The monoisotopic (exact) mass is 236 g/mol. The van der Waals surface area contributed by atoms with Gasteiger partial charge in [-0.05, 0) is 13.3 Å². The van der Waals surface area contributed by atoms with Gasteiger partial charge in [-0.2, -0.15) is 0 Å². The van der Waals surface area contributed by atoms with Crippen molar-refractivity contribution in [2.45, 2.75) is 26.0 Å². The molecule has 0 aliphatic carbocycles. The summed E-state index contributed by atoms with van der Waals surface area (Å²) < 4.78 is 5.34. The Kier molecular flexibility index (Phi) is 4.28. The van der Waals surface area contributed by atoms with Crippen molar-refractivity contribution in [1.82, 2.24) is 14.9 Å². The quantitative estimate of drug-likeness (QED) is 0.830. The minimum atomic E-state index is 0.379. The number of methoxy groups -OCH3 is 1. The number of likely N-dealkylation sites (tertiary alicyclic amines) is 1. The Hall–Kier alpha value is -1.20. The van der Waals surface area contributed by atoms with Gasteiger partial charge in [0.15, 0.2) is 0 Å². The Morgan fingerprint density at radius 2 is 2.35 bits per heavy atom. The summed E-state index contributed by atoms with van der Waals surface area (Å²) in [4.78, 5) is 11.1. The second-order valence-electron chi connectivity index (χ2n) is 4.30. The molecule has 0 saturated carbocycles. The molecular weight excluding hydrogens is 216 g/mol. The number of nitrogens with one attached hydrogen (secondary N) is 1. The summed E-state index contributed by atoms with van der Waals surface area (Å²) in [6, 6.07) is 0. The molecule has 1 unspecified atom stereocenters. The van der Waals surface area contributed by atoms with Gasteiger partial charge in [0.05, 0.1) is 24.2 Å². The molecule has 1 saturated heterocycles. The van der Waals surface area contributed by atoms with Crippen molar-refractivity contribution < 1.29 is 4.74 Å². The fourth-order valence-corrected chi connectivity index (χ4v) is 2.07. The van der Waals surface area contributed by atoms with Crippen molar-refractivity contribution in [1.29, 1.82) is 0 Å². The number of nitrogens with zero attached hydrogens (tertiary/aromatic N) is 3. The minimum Gasteiger partial charge on any atom is -0.380 e. The summed E-state index contributed by atoms with van der Waals surface area (Å²) in [5.41, 5.74) is 1.02. The molecular formula is C12H20N4O. The zero-order valence-electron chi connectivity index (χ0n) is 10.5. The summed E-state index contributed by atoms with van der Waals surface area (Å²) >= 11 is 0. The molecule has 1 aliphatic heterocycles. The van der Waals surface area contributed by atoms with E-state index < -0.39 is 0 Å². The maximum absolute atomic E-state index is 5.34. The number of aromatic nitrogens is 2. The van der Waals surface area contributed by atoms with Crippen LogP contribution in [0.3, 0.4) is 0 Å². The molecule has 5 nitrogen and oxygen atoms in total. The topological polar surface area (TPSA) is 50.3 Å². The van der Waals surface area contributed by atoms with Gasteiger partial charge in [-0.3, -0.25) is 9.88 Å². The first kappa shape index (κ1) is 12.3. The Balaban J connectivity index is 1.86. The van der Waals surface area contributed by atoms with Crippen LogP contribution in [0.25, 0.3) is 0 Å². The molecule has 1 atom stereocenters. The highest BCUT2D eigenvalue weighted by atomic mass is 16.5. The Bertz CT molecular complexity index is 341. The molecule has 1 fully saturated rings. The van der Waals surface area contributed by atoms with Gasteiger partial charge in [-0.1, -0.05) is 0 Å². The molecule has 0 aromatic carbocycles. The molecule has 5 heteroatoms. The van der Waals surface area contributed by atoms with Gasteiger partial charge >= 0.3 is 0 Å². The number of hydrogen-bond acceptors (Lipinski definition) is 5. The molecule has 17 heavy (non-hydrogen) atoms. The molecule has 1 aliphatic rings.